The Kier molecular flexibility index (Phi) is 8.26. The molecule has 4 rings (SSSR count). The number of nitrogens with zero attached hydrogens (tertiary/aromatic N) is 2. The van der Waals surface area contributed by atoms with Crippen molar-refractivity contribution in [3.63, 3.8) is 0 Å². The van der Waals surface area contributed by atoms with Gasteiger partial charge in [0.15, 0.2) is 8.32 Å². The number of likely N-dealkylation sites (tertiary alicyclic amines) is 2. The maximum atomic E-state index is 14.1. The first-order valence-corrected chi connectivity index (χ1v) is 16.4. The standard InChI is InChI=1S/C28H44N2O4Si/c1-4-35(5-2,6-3)34-25-15-13-23(14-16-25)30-24(19-22-11-8-7-9-12-22)20-28(26(30)31)17-10-18-29(21-28)27(32)33/h7-9,11-12,23-25H,4-6,10,13-21H2,1-3H3,(H,32,33)/t23?,24?,25?,28-/m0/s1. The van der Waals surface area contributed by atoms with Crippen molar-refractivity contribution >= 4 is 20.3 Å². The van der Waals surface area contributed by atoms with Gasteiger partial charge < -0.3 is 19.3 Å². The zero-order chi connectivity index (χ0) is 25.1. The third kappa shape index (κ3) is 5.46. The number of rotatable bonds is 8. The molecule has 2 saturated heterocycles. The molecule has 2 heterocycles. The lowest BCUT2D eigenvalue weighted by molar-refractivity contribution is -0.142. The number of carboxylic acid groups (broad SMARTS) is 1. The molecule has 3 fully saturated rings. The number of amides is 2. The highest BCUT2D eigenvalue weighted by Gasteiger charge is 2.55. The van der Waals surface area contributed by atoms with Crippen LogP contribution in [0.4, 0.5) is 4.79 Å². The fraction of sp³-hybridized carbons (Fsp3) is 0.714. The van der Waals surface area contributed by atoms with Crippen LogP contribution in [0.2, 0.25) is 18.1 Å². The van der Waals surface area contributed by atoms with Crippen molar-refractivity contribution in [1.29, 1.82) is 0 Å². The van der Waals surface area contributed by atoms with Crippen LogP contribution >= 0.6 is 0 Å². The Morgan fingerprint density at radius 1 is 1.09 bits per heavy atom. The van der Waals surface area contributed by atoms with Crippen LogP contribution in [0.25, 0.3) is 0 Å². The number of carbonyl (C=O) groups excluding carboxylic acids is 1. The summed E-state index contributed by atoms with van der Waals surface area (Å²) in [4.78, 5) is 29.5. The number of hydrogen-bond acceptors (Lipinski definition) is 3. The molecule has 2 amide bonds. The predicted molar refractivity (Wildman–Crippen MR) is 141 cm³/mol. The largest absolute Gasteiger partial charge is 0.465 e. The van der Waals surface area contributed by atoms with Gasteiger partial charge in [-0.2, -0.15) is 0 Å². The molecule has 1 unspecified atom stereocenters. The van der Waals surface area contributed by atoms with Gasteiger partial charge in [-0.25, -0.2) is 4.79 Å². The van der Waals surface area contributed by atoms with E-state index in [0.29, 0.717) is 19.2 Å². The Hall–Kier alpha value is -1.86. The van der Waals surface area contributed by atoms with E-state index in [-0.39, 0.29) is 18.0 Å². The van der Waals surface area contributed by atoms with Gasteiger partial charge in [-0.15, -0.1) is 0 Å². The first-order chi connectivity index (χ1) is 16.8. The monoisotopic (exact) mass is 500 g/mol. The van der Waals surface area contributed by atoms with Crippen LogP contribution in [0.5, 0.6) is 0 Å². The van der Waals surface area contributed by atoms with E-state index < -0.39 is 19.8 Å². The third-order valence-corrected chi connectivity index (χ3v) is 14.0. The van der Waals surface area contributed by atoms with E-state index in [1.807, 2.05) is 6.07 Å². The van der Waals surface area contributed by atoms with Crippen molar-refractivity contribution in [3.8, 4) is 0 Å². The number of carbonyl (C=O) groups is 2. The summed E-state index contributed by atoms with van der Waals surface area (Å²) in [5, 5.41) is 9.66. The molecule has 1 N–H and O–H groups in total. The van der Waals surface area contributed by atoms with Crippen LogP contribution in [0.3, 0.4) is 0 Å². The topological polar surface area (TPSA) is 70.1 Å². The number of piperidine rings is 1. The molecule has 1 spiro atoms. The van der Waals surface area contributed by atoms with Crippen molar-refractivity contribution < 1.29 is 19.1 Å². The summed E-state index contributed by atoms with van der Waals surface area (Å²) in [6.07, 6.45) is 6.62. The molecular formula is C28H44N2O4Si. The second-order valence-corrected chi connectivity index (χ2v) is 15.9. The van der Waals surface area contributed by atoms with E-state index in [1.165, 1.54) is 28.6 Å². The van der Waals surface area contributed by atoms with Gasteiger partial charge in [-0.3, -0.25) is 4.79 Å². The van der Waals surface area contributed by atoms with E-state index in [2.05, 4.69) is 49.9 Å². The molecule has 1 aromatic rings. The van der Waals surface area contributed by atoms with Crippen molar-refractivity contribution in [1.82, 2.24) is 9.80 Å². The average molecular weight is 501 g/mol. The highest BCUT2D eigenvalue weighted by molar-refractivity contribution is 6.73. The molecule has 6 nitrogen and oxygen atoms in total. The Morgan fingerprint density at radius 3 is 2.34 bits per heavy atom. The fourth-order valence-corrected chi connectivity index (χ4v) is 9.97. The smallest absolute Gasteiger partial charge is 0.407 e. The van der Waals surface area contributed by atoms with E-state index in [4.69, 9.17) is 4.43 Å². The second kappa shape index (κ2) is 11.0. The number of benzene rings is 1. The zero-order valence-electron chi connectivity index (χ0n) is 21.9. The molecule has 2 atom stereocenters. The van der Waals surface area contributed by atoms with Gasteiger partial charge in [0.25, 0.3) is 0 Å². The zero-order valence-corrected chi connectivity index (χ0v) is 22.9. The van der Waals surface area contributed by atoms with Crippen LogP contribution in [0, 0.1) is 5.41 Å². The van der Waals surface area contributed by atoms with Crippen LogP contribution in [0.15, 0.2) is 30.3 Å². The van der Waals surface area contributed by atoms with Crippen LogP contribution in [-0.4, -0.2) is 66.5 Å². The molecular weight excluding hydrogens is 456 g/mol. The molecule has 3 aliphatic rings. The molecule has 0 radical (unpaired) electrons. The molecule has 194 valence electrons. The van der Waals surface area contributed by atoms with E-state index >= 15 is 0 Å². The normalized spacial score (nSPS) is 29.7. The lowest BCUT2D eigenvalue weighted by Crippen LogP contribution is -2.52. The Bertz CT molecular complexity index is 861. The van der Waals surface area contributed by atoms with Gasteiger partial charge in [0.2, 0.25) is 5.91 Å². The van der Waals surface area contributed by atoms with Gasteiger partial charge in [-0.05, 0) is 75.1 Å². The van der Waals surface area contributed by atoms with Gasteiger partial charge in [0.1, 0.15) is 0 Å². The summed E-state index contributed by atoms with van der Waals surface area (Å²) < 4.78 is 6.80. The minimum atomic E-state index is -1.63. The van der Waals surface area contributed by atoms with Crippen molar-refractivity contribution in [2.75, 3.05) is 13.1 Å². The summed E-state index contributed by atoms with van der Waals surface area (Å²) >= 11 is 0. The lowest BCUT2D eigenvalue weighted by Gasteiger charge is -2.42. The predicted octanol–water partition coefficient (Wildman–Crippen LogP) is 5.92. The maximum absolute atomic E-state index is 14.1. The fourth-order valence-electron chi connectivity index (χ4n) is 7.03. The first-order valence-electron chi connectivity index (χ1n) is 13.9. The SMILES string of the molecule is CC[Si](CC)(CC)OC1CCC(N2C(=O)[C@@]3(CCCN(C(=O)O)C3)CC2Cc2ccccc2)CC1. The van der Waals surface area contributed by atoms with Gasteiger partial charge in [-0.1, -0.05) is 51.1 Å². The molecule has 0 bridgehead atoms. The van der Waals surface area contributed by atoms with Gasteiger partial charge >= 0.3 is 6.09 Å². The Morgan fingerprint density at radius 2 is 1.74 bits per heavy atom. The Balaban J connectivity index is 1.51. The molecule has 0 aromatic heterocycles. The lowest BCUT2D eigenvalue weighted by atomic mass is 9.77. The second-order valence-electron chi connectivity index (χ2n) is 11.1. The van der Waals surface area contributed by atoms with Gasteiger partial charge in [0.05, 0.1) is 5.41 Å². The summed E-state index contributed by atoms with van der Waals surface area (Å²) in [6, 6.07) is 14.3. The number of hydrogen-bond donors (Lipinski definition) is 1. The third-order valence-electron chi connectivity index (χ3n) is 9.26. The molecule has 7 heteroatoms. The van der Waals surface area contributed by atoms with Crippen LogP contribution in [-0.2, 0) is 15.6 Å². The molecule has 1 aliphatic carbocycles. The maximum Gasteiger partial charge on any atom is 0.407 e. The van der Waals surface area contributed by atoms with Crippen molar-refractivity contribution in [2.45, 2.75) is 108 Å². The van der Waals surface area contributed by atoms with Crippen molar-refractivity contribution in [3.05, 3.63) is 35.9 Å². The molecule has 2 aliphatic heterocycles. The minimum Gasteiger partial charge on any atom is -0.465 e. The summed E-state index contributed by atoms with van der Waals surface area (Å²) in [5.74, 6) is 0.202. The molecule has 1 aromatic carbocycles. The average Bonchev–Trinajstić information content (AvgIpc) is 3.13. The quantitative estimate of drug-likeness (QED) is 0.450. The van der Waals surface area contributed by atoms with Crippen molar-refractivity contribution in [2.24, 2.45) is 5.41 Å². The summed E-state index contributed by atoms with van der Waals surface area (Å²) in [6.45, 7) is 7.73. The van der Waals surface area contributed by atoms with Crippen LogP contribution < -0.4 is 0 Å². The highest BCUT2D eigenvalue weighted by Crippen LogP contribution is 2.46. The minimum absolute atomic E-state index is 0.136. The molecule has 35 heavy (non-hydrogen) atoms. The van der Waals surface area contributed by atoms with E-state index in [1.54, 1.807) is 0 Å². The van der Waals surface area contributed by atoms with Gasteiger partial charge in [0, 0.05) is 31.3 Å². The summed E-state index contributed by atoms with van der Waals surface area (Å²) in [7, 11) is -1.63. The molecule has 1 saturated carbocycles. The summed E-state index contributed by atoms with van der Waals surface area (Å²) in [5.41, 5.74) is 0.692. The van der Waals surface area contributed by atoms with Crippen LogP contribution in [0.1, 0.15) is 71.3 Å². The van der Waals surface area contributed by atoms with E-state index in [0.717, 1.165) is 51.4 Å². The Labute approximate surface area is 212 Å². The van der Waals surface area contributed by atoms with E-state index in [9.17, 15) is 14.7 Å². The first kappa shape index (κ1) is 26.2. The highest BCUT2D eigenvalue weighted by atomic mass is 28.4.